The summed E-state index contributed by atoms with van der Waals surface area (Å²) in [4.78, 5) is 40.8. The van der Waals surface area contributed by atoms with Gasteiger partial charge in [0.05, 0.1) is 12.1 Å². The highest BCUT2D eigenvalue weighted by Gasteiger charge is 2.27. The largest absolute Gasteiger partial charge is 0.450 e. The van der Waals surface area contributed by atoms with E-state index in [1.54, 1.807) is 41.1 Å². The monoisotopic (exact) mass is 391 g/mol. The Labute approximate surface area is 162 Å². The normalized spacial score (nSPS) is 14.5. The van der Waals surface area contributed by atoms with Crippen LogP contribution in [0.25, 0.3) is 10.9 Å². The van der Waals surface area contributed by atoms with Crippen LogP contribution in [0.1, 0.15) is 24.2 Å². The molecule has 3 rings (SSSR count). The molecule has 2 aromatic rings. The Morgan fingerprint density at radius 3 is 2.41 bits per heavy atom. The summed E-state index contributed by atoms with van der Waals surface area (Å²) in [5, 5.41) is 0.885. The van der Waals surface area contributed by atoms with E-state index >= 15 is 0 Å². The summed E-state index contributed by atoms with van der Waals surface area (Å²) < 4.78 is 6.86. The molecule has 0 atom stereocenters. The van der Waals surface area contributed by atoms with E-state index in [0.29, 0.717) is 49.7 Å². The molecule has 8 heteroatoms. The zero-order valence-electron chi connectivity index (χ0n) is 15.4. The van der Waals surface area contributed by atoms with Gasteiger partial charge in [-0.1, -0.05) is 11.6 Å². The van der Waals surface area contributed by atoms with Gasteiger partial charge in [-0.15, -0.1) is 0 Å². The first-order chi connectivity index (χ1) is 13.0. The molecule has 0 N–H and O–H groups in total. The smallest absolute Gasteiger partial charge is 0.409 e. The SMILES string of the molecule is CCOC(=O)N1CCN(C(=O)c2cn(CC)c3ccc(Cl)cc3c2=O)CC1. The fraction of sp³-hybridized carbons (Fsp3) is 0.421. The van der Waals surface area contributed by atoms with Gasteiger partial charge in [-0.05, 0) is 32.0 Å². The van der Waals surface area contributed by atoms with E-state index < -0.39 is 0 Å². The number of aromatic nitrogens is 1. The third kappa shape index (κ3) is 3.78. The van der Waals surface area contributed by atoms with Gasteiger partial charge < -0.3 is 19.1 Å². The van der Waals surface area contributed by atoms with Crippen molar-refractivity contribution < 1.29 is 14.3 Å². The minimum Gasteiger partial charge on any atom is -0.450 e. The van der Waals surface area contributed by atoms with Gasteiger partial charge in [0.1, 0.15) is 5.56 Å². The molecule has 1 aromatic carbocycles. The lowest BCUT2D eigenvalue weighted by molar-refractivity contribution is 0.0569. The number of fused-ring (bicyclic) bond motifs is 1. The highest BCUT2D eigenvalue weighted by Crippen LogP contribution is 2.18. The van der Waals surface area contributed by atoms with Crippen LogP contribution >= 0.6 is 11.6 Å². The maximum Gasteiger partial charge on any atom is 0.409 e. The number of carbonyl (C=O) groups excluding carboxylic acids is 2. The Morgan fingerprint density at radius 1 is 1.11 bits per heavy atom. The number of ether oxygens (including phenoxy) is 1. The van der Waals surface area contributed by atoms with E-state index in [1.165, 1.54) is 0 Å². The third-order valence-electron chi connectivity index (χ3n) is 4.71. The number of aryl methyl sites for hydroxylation is 1. The average Bonchev–Trinajstić information content (AvgIpc) is 2.68. The van der Waals surface area contributed by atoms with E-state index in [9.17, 15) is 14.4 Å². The zero-order valence-corrected chi connectivity index (χ0v) is 16.2. The first kappa shape index (κ1) is 19.2. The van der Waals surface area contributed by atoms with Crippen molar-refractivity contribution in [2.75, 3.05) is 32.8 Å². The quantitative estimate of drug-likeness (QED) is 0.806. The van der Waals surface area contributed by atoms with Crippen molar-refractivity contribution in [1.82, 2.24) is 14.4 Å². The lowest BCUT2D eigenvalue weighted by Gasteiger charge is -2.34. The van der Waals surface area contributed by atoms with Gasteiger partial charge in [0, 0.05) is 49.3 Å². The second-order valence-corrected chi connectivity index (χ2v) is 6.73. The Hall–Kier alpha value is -2.54. The lowest BCUT2D eigenvalue weighted by Crippen LogP contribution is -2.51. The molecule has 0 saturated carbocycles. The second kappa shape index (κ2) is 8.00. The third-order valence-corrected chi connectivity index (χ3v) is 4.94. The number of benzene rings is 1. The predicted molar refractivity (Wildman–Crippen MR) is 103 cm³/mol. The Bertz CT molecular complexity index is 932. The van der Waals surface area contributed by atoms with Crippen molar-refractivity contribution in [3.05, 3.63) is 45.2 Å². The molecule has 0 aliphatic carbocycles. The molecule has 0 unspecified atom stereocenters. The predicted octanol–water partition coefficient (Wildman–Crippen LogP) is 2.59. The summed E-state index contributed by atoms with van der Waals surface area (Å²) in [6.45, 7) is 6.11. The fourth-order valence-corrected chi connectivity index (χ4v) is 3.43. The standard InChI is InChI=1S/C19H22ClN3O4/c1-3-21-12-15(17(24)14-11-13(20)5-6-16(14)21)18(25)22-7-9-23(10-8-22)19(26)27-4-2/h5-6,11-12H,3-4,7-10H2,1-2H3. The Kier molecular flexibility index (Phi) is 5.70. The van der Waals surface area contributed by atoms with Gasteiger partial charge in [-0.2, -0.15) is 0 Å². The minimum absolute atomic E-state index is 0.121. The van der Waals surface area contributed by atoms with Crippen LogP contribution in [-0.4, -0.2) is 59.2 Å². The van der Waals surface area contributed by atoms with Crippen molar-refractivity contribution >= 4 is 34.5 Å². The summed E-state index contributed by atoms with van der Waals surface area (Å²) in [6.07, 6.45) is 1.23. The van der Waals surface area contributed by atoms with Gasteiger partial charge in [-0.3, -0.25) is 9.59 Å². The number of piperazine rings is 1. The molecular weight excluding hydrogens is 370 g/mol. The van der Waals surface area contributed by atoms with E-state index in [4.69, 9.17) is 16.3 Å². The van der Waals surface area contributed by atoms with Gasteiger partial charge in [-0.25, -0.2) is 4.79 Å². The van der Waals surface area contributed by atoms with Crippen LogP contribution in [0.15, 0.2) is 29.2 Å². The maximum atomic E-state index is 13.0. The molecule has 1 saturated heterocycles. The summed E-state index contributed by atoms with van der Waals surface area (Å²) in [5.41, 5.74) is 0.543. The highest BCUT2D eigenvalue weighted by atomic mass is 35.5. The molecule has 0 radical (unpaired) electrons. The van der Waals surface area contributed by atoms with Gasteiger partial charge >= 0.3 is 6.09 Å². The van der Waals surface area contributed by atoms with Gasteiger partial charge in [0.2, 0.25) is 5.43 Å². The molecule has 2 heterocycles. The second-order valence-electron chi connectivity index (χ2n) is 6.30. The number of rotatable bonds is 3. The van der Waals surface area contributed by atoms with Crippen LogP contribution in [0.2, 0.25) is 5.02 Å². The average molecular weight is 392 g/mol. The van der Waals surface area contributed by atoms with Crippen LogP contribution in [0.4, 0.5) is 4.79 Å². The number of hydrogen-bond donors (Lipinski definition) is 0. The molecule has 1 aliphatic heterocycles. The molecule has 7 nitrogen and oxygen atoms in total. The van der Waals surface area contributed by atoms with E-state index in [2.05, 4.69) is 0 Å². The molecule has 0 spiro atoms. The van der Waals surface area contributed by atoms with Crippen molar-refractivity contribution in [2.45, 2.75) is 20.4 Å². The van der Waals surface area contributed by atoms with Crippen LogP contribution < -0.4 is 5.43 Å². The van der Waals surface area contributed by atoms with E-state index in [0.717, 1.165) is 5.52 Å². The highest BCUT2D eigenvalue weighted by molar-refractivity contribution is 6.31. The van der Waals surface area contributed by atoms with Crippen molar-refractivity contribution in [1.29, 1.82) is 0 Å². The molecule has 0 bridgehead atoms. The van der Waals surface area contributed by atoms with Crippen LogP contribution in [0.5, 0.6) is 0 Å². The van der Waals surface area contributed by atoms with Crippen LogP contribution in [0, 0.1) is 0 Å². The number of amides is 2. The molecule has 2 amide bonds. The van der Waals surface area contributed by atoms with Crippen LogP contribution in [0.3, 0.4) is 0 Å². The Balaban J connectivity index is 1.87. The molecule has 1 aliphatic rings. The molecule has 1 fully saturated rings. The molecular formula is C19H22ClN3O4. The van der Waals surface area contributed by atoms with Crippen molar-refractivity contribution in [2.24, 2.45) is 0 Å². The number of halogens is 1. The molecule has 27 heavy (non-hydrogen) atoms. The number of carbonyl (C=O) groups is 2. The fourth-order valence-electron chi connectivity index (χ4n) is 3.26. The summed E-state index contributed by atoms with van der Waals surface area (Å²) >= 11 is 6.05. The van der Waals surface area contributed by atoms with Crippen molar-refractivity contribution in [3.63, 3.8) is 0 Å². The van der Waals surface area contributed by atoms with Gasteiger partial charge in [0.25, 0.3) is 5.91 Å². The topological polar surface area (TPSA) is 71.8 Å². The first-order valence-electron chi connectivity index (χ1n) is 9.00. The Morgan fingerprint density at radius 2 is 1.78 bits per heavy atom. The van der Waals surface area contributed by atoms with E-state index in [1.807, 2.05) is 11.5 Å². The number of pyridine rings is 1. The maximum absolute atomic E-state index is 13.0. The summed E-state index contributed by atoms with van der Waals surface area (Å²) in [7, 11) is 0. The molecule has 1 aromatic heterocycles. The van der Waals surface area contributed by atoms with E-state index in [-0.39, 0.29) is 23.0 Å². The van der Waals surface area contributed by atoms with Crippen molar-refractivity contribution in [3.8, 4) is 0 Å². The van der Waals surface area contributed by atoms with Gasteiger partial charge in [0.15, 0.2) is 0 Å². The molecule has 144 valence electrons. The first-order valence-corrected chi connectivity index (χ1v) is 9.37. The number of hydrogen-bond acceptors (Lipinski definition) is 4. The summed E-state index contributed by atoms with van der Waals surface area (Å²) in [5.74, 6) is -0.326. The van der Waals surface area contributed by atoms with Crippen LogP contribution in [-0.2, 0) is 11.3 Å². The minimum atomic E-state index is -0.377. The zero-order chi connectivity index (χ0) is 19.6. The number of nitrogens with zero attached hydrogens (tertiary/aromatic N) is 3. The lowest BCUT2D eigenvalue weighted by atomic mass is 10.1. The summed E-state index contributed by atoms with van der Waals surface area (Å²) in [6, 6.07) is 5.11.